The molecule has 224 valence electrons. The summed E-state index contributed by atoms with van der Waals surface area (Å²) in [6.45, 7) is 6.01. The molecule has 3 amide bonds. The molecule has 44 heavy (non-hydrogen) atoms. The topological polar surface area (TPSA) is 130 Å². The molecule has 4 rings (SSSR count). The van der Waals surface area contributed by atoms with E-state index in [0.29, 0.717) is 22.9 Å². The first-order valence-electron chi connectivity index (χ1n) is 13.9. The van der Waals surface area contributed by atoms with Gasteiger partial charge in [0.2, 0.25) is 5.91 Å². The highest BCUT2D eigenvalue weighted by Crippen LogP contribution is 2.28. The van der Waals surface area contributed by atoms with Crippen molar-refractivity contribution in [1.29, 1.82) is 0 Å². The lowest BCUT2D eigenvalue weighted by Crippen LogP contribution is -2.30. The van der Waals surface area contributed by atoms with E-state index in [2.05, 4.69) is 29.8 Å². The molecule has 10 heteroatoms. The van der Waals surface area contributed by atoms with Crippen molar-refractivity contribution in [2.45, 2.75) is 36.8 Å². The number of hydrogen-bond acceptors (Lipinski definition) is 6. The van der Waals surface area contributed by atoms with Gasteiger partial charge in [0.05, 0.1) is 15.7 Å². The summed E-state index contributed by atoms with van der Waals surface area (Å²) in [6, 6.07) is 28.9. The third-order valence-electron chi connectivity index (χ3n) is 6.58. The first kappa shape index (κ1) is 31.7. The highest BCUT2D eigenvalue weighted by Gasteiger charge is 2.19. The molecular formula is C34H32N4O5S. The van der Waals surface area contributed by atoms with Crippen LogP contribution in [0, 0.1) is 10.1 Å². The lowest BCUT2D eigenvalue weighted by molar-refractivity contribution is -0.385. The van der Waals surface area contributed by atoms with Crippen LogP contribution in [-0.2, 0) is 9.59 Å². The molecule has 1 unspecified atom stereocenters. The molecule has 0 saturated heterocycles. The molecule has 0 aliphatic rings. The third kappa shape index (κ3) is 8.65. The summed E-state index contributed by atoms with van der Waals surface area (Å²) in [5.74, 6) is -0.996. The molecule has 1 atom stereocenters. The van der Waals surface area contributed by atoms with Crippen LogP contribution in [0.3, 0.4) is 0 Å². The Balaban J connectivity index is 1.50. The predicted molar refractivity (Wildman–Crippen MR) is 175 cm³/mol. The lowest BCUT2D eigenvalue weighted by atomic mass is 10.0. The maximum atomic E-state index is 13.4. The maximum Gasteiger partial charge on any atom is 0.276 e. The van der Waals surface area contributed by atoms with Gasteiger partial charge in [-0.1, -0.05) is 62.4 Å². The first-order valence-corrected chi connectivity index (χ1v) is 14.8. The quantitative estimate of drug-likeness (QED) is 0.0712. The van der Waals surface area contributed by atoms with Crippen LogP contribution in [0.15, 0.2) is 114 Å². The van der Waals surface area contributed by atoms with Crippen molar-refractivity contribution >= 4 is 52.6 Å². The number of amides is 3. The molecular weight excluding hydrogens is 576 g/mol. The van der Waals surface area contributed by atoms with Crippen LogP contribution in [0.5, 0.6) is 0 Å². The van der Waals surface area contributed by atoms with E-state index in [4.69, 9.17) is 0 Å². The average molecular weight is 609 g/mol. The lowest BCUT2D eigenvalue weighted by Gasteiger charge is -2.14. The molecule has 0 fully saturated rings. The van der Waals surface area contributed by atoms with Gasteiger partial charge in [-0.05, 0) is 73.0 Å². The number of rotatable bonds is 11. The molecule has 0 radical (unpaired) electrons. The number of benzene rings is 4. The molecule has 0 aromatic heterocycles. The fourth-order valence-corrected chi connectivity index (χ4v) is 5.10. The molecule has 0 saturated carbocycles. The number of anilines is 2. The van der Waals surface area contributed by atoms with Gasteiger partial charge < -0.3 is 16.0 Å². The van der Waals surface area contributed by atoms with Crippen molar-refractivity contribution in [3.63, 3.8) is 0 Å². The molecule has 0 aliphatic carbocycles. The summed E-state index contributed by atoms with van der Waals surface area (Å²) in [6.07, 6.45) is 1.27. The summed E-state index contributed by atoms with van der Waals surface area (Å²) in [7, 11) is 0. The smallest absolute Gasteiger partial charge is 0.276 e. The van der Waals surface area contributed by atoms with E-state index in [1.807, 2.05) is 30.3 Å². The van der Waals surface area contributed by atoms with Crippen LogP contribution in [0.1, 0.15) is 48.2 Å². The molecule has 4 aromatic rings. The third-order valence-corrected chi connectivity index (χ3v) is 7.67. The maximum absolute atomic E-state index is 13.4. The van der Waals surface area contributed by atoms with Crippen LogP contribution in [-0.4, -0.2) is 27.9 Å². The summed E-state index contributed by atoms with van der Waals surface area (Å²) < 4.78 is 0. The number of nitrogens with one attached hydrogen (secondary N) is 3. The normalized spacial score (nSPS) is 11.9. The van der Waals surface area contributed by atoms with Gasteiger partial charge in [-0.2, -0.15) is 0 Å². The van der Waals surface area contributed by atoms with Gasteiger partial charge in [-0.3, -0.25) is 24.5 Å². The van der Waals surface area contributed by atoms with Crippen molar-refractivity contribution in [3.8, 4) is 0 Å². The Morgan fingerprint density at radius 1 is 0.795 bits per heavy atom. The number of carbonyl (C=O) groups excluding carboxylic acids is 3. The number of nitro benzene ring substituents is 1. The van der Waals surface area contributed by atoms with E-state index in [-0.39, 0.29) is 22.9 Å². The zero-order chi connectivity index (χ0) is 31.6. The Kier molecular flexibility index (Phi) is 10.7. The molecule has 0 aliphatic heterocycles. The Morgan fingerprint density at radius 3 is 2.16 bits per heavy atom. The first-order chi connectivity index (χ1) is 21.1. The highest BCUT2D eigenvalue weighted by atomic mass is 32.2. The fourth-order valence-electron chi connectivity index (χ4n) is 4.17. The van der Waals surface area contributed by atoms with E-state index >= 15 is 0 Å². The number of nitrogens with zero attached hydrogens (tertiary/aromatic N) is 1. The molecule has 0 bridgehead atoms. The molecule has 0 heterocycles. The van der Waals surface area contributed by atoms with E-state index in [0.717, 1.165) is 4.90 Å². The minimum Gasteiger partial charge on any atom is -0.325 e. The average Bonchev–Trinajstić information content (AvgIpc) is 3.01. The second-order valence-corrected chi connectivity index (χ2v) is 11.6. The van der Waals surface area contributed by atoms with Gasteiger partial charge in [0.15, 0.2) is 0 Å². The fraction of sp³-hybridized carbons (Fsp3) is 0.147. The molecule has 3 N–H and O–H groups in total. The summed E-state index contributed by atoms with van der Waals surface area (Å²) >= 11 is 1.32. The SMILES string of the molecule is CC(Sc1cccc(NC(=O)/C(=C\c2ccccc2[N+](=O)[O-])NC(=O)c2ccccc2)c1)C(=O)Nc1ccc(C(C)C)cc1. The Bertz CT molecular complexity index is 1690. The van der Waals surface area contributed by atoms with Gasteiger partial charge in [0.1, 0.15) is 5.70 Å². The zero-order valence-corrected chi connectivity index (χ0v) is 25.3. The van der Waals surface area contributed by atoms with Gasteiger partial charge in [0.25, 0.3) is 17.5 Å². The van der Waals surface area contributed by atoms with Crippen molar-refractivity contribution in [2.24, 2.45) is 0 Å². The summed E-state index contributed by atoms with van der Waals surface area (Å²) in [5, 5.41) is 19.4. The standard InChI is InChI=1S/C34H32N4O5S/c1-22(2)24-16-18-27(19-17-24)35-32(39)23(3)44-29-14-9-13-28(21-29)36-34(41)30(37-33(40)25-10-5-4-6-11-25)20-26-12-7-8-15-31(26)38(42)43/h4-23H,1-3H3,(H,35,39)(H,36,41)(H,37,40)/b30-20+. The second-order valence-electron chi connectivity index (χ2n) is 10.2. The van der Waals surface area contributed by atoms with Gasteiger partial charge >= 0.3 is 0 Å². The van der Waals surface area contributed by atoms with Gasteiger partial charge in [-0.15, -0.1) is 11.8 Å². The largest absolute Gasteiger partial charge is 0.325 e. The summed E-state index contributed by atoms with van der Waals surface area (Å²) in [4.78, 5) is 51.0. The number of hydrogen-bond donors (Lipinski definition) is 3. The number of thioether (sulfide) groups is 1. The van der Waals surface area contributed by atoms with Crippen molar-refractivity contribution in [2.75, 3.05) is 10.6 Å². The Labute approximate surface area is 259 Å². The van der Waals surface area contributed by atoms with Crippen LogP contribution in [0.25, 0.3) is 6.08 Å². The molecule has 9 nitrogen and oxygen atoms in total. The van der Waals surface area contributed by atoms with Crippen LogP contribution in [0.4, 0.5) is 17.1 Å². The second kappa shape index (κ2) is 14.8. The van der Waals surface area contributed by atoms with Crippen molar-refractivity contribution in [1.82, 2.24) is 5.32 Å². The van der Waals surface area contributed by atoms with Crippen LogP contribution >= 0.6 is 11.8 Å². The van der Waals surface area contributed by atoms with E-state index in [1.54, 1.807) is 61.5 Å². The van der Waals surface area contributed by atoms with E-state index < -0.39 is 22.0 Å². The van der Waals surface area contributed by atoms with Crippen LogP contribution in [0.2, 0.25) is 0 Å². The summed E-state index contributed by atoms with van der Waals surface area (Å²) in [5.41, 5.74) is 2.39. The minimum absolute atomic E-state index is 0.152. The highest BCUT2D eigenvalue weighted by molar-refractivity contribution is 8.00. The zero-order valence-electron chi connectivity index (χ0n) is 24.4. The number of para-hydroxylation sites is 1. The predicted octanol–water partition coefficient (Wildman–Crippen LogP) is 7.25. The van der Waals surface area contributed by atoms with Gasteiger partial charge in [-0.25, -0.2) is 0 Å². The monoisotopic (exact) mass is 608 g/mol. The minimum atomic E-state index is -0.676. The molecule has 4 aromatic carbocycles. The van der Waals surface area contributed by atoms with Crippen molar-refractivity contribution in [3.05, 3.63) is 136 Å². The number of nitro groups is 1. The van der Waals surface area contributed by atoms with E-state index in [9.17, 15) is 24.5 Å². The Morgan fingerprint density at radius 2 is 1.48 bits per heavy atom. The van der Waals surface area contributed by atoms with E-state index in [1.165, 1.54) is 41.6 Å². The number of carbonyl (C=O) groups is 3. The van der Waals surface area contributed by atoms with Gasteiger partial charge in [0, 0.05) is 27.9 Å². The molecule has 0 spiro atoms. The van der Waals surface area contributed by atoms with Crippen LogP contribution < -0.4 is 16.0 Å². The Hall–Kier alpha value is -5.22. The van der Waals surface area contributed by atoms with Crippen molar-refractivity contribution < 1.29 is 19.3 Å².